The van der Waals surface area contributed by atoms with Gasteiger partial charge in [0.1, 0.15) is 0 Å². The van der Waals surface area contributed by atoms with Crippen molar-refractivity contribution in [3.8, 4) is 0 Å². The summed E-state index contributed by atoms with van der Waals surface area (Å²) in [4.78, 5) is 17.1. The highest BCUT2D eigenvalue weighted by atomic mass is 16.7. The molecule has 3 fully saturated rings. The Morgan fingerprint density at radius 2 is 1.81 bits per heavy atom. The minimum Gasteiger partial charge on any atom is -0.372 e. The summed E-state index contributed by atoms with van der Waals surface area (Å²) in [5.41, 5.74) is 3.31. The molecule has 0 saturated carbocycles. The van der Waals surface area contributed by atoms with Crippen LogP contribution >= 0.6 is 0 Å². The lowest BCUT2D eigenvalue weighted by Crippen LogP contribution is -2.41. The van der Waals surface area contributed by atoms with E-state index in [1.54, 1.807) is 0 Å². The maximum absolute atomic E-state index is 12.5. The van der Waals surface area contributed by atoms with Crippen molar-refractivity contribution in [3.63, 3.8) is 0 Å². The normalized spacial score (nSPS) is 22.5. The summed E-state index contributed by atoms with van der Waals surface area (Å²) in [6.07, 6.45) is 4.57. The molecule has 1 aromatic carbocycles. The fourth-order valence-corrected chi connectivity index (χ4v) is 4.38. The zero-order valence-electron chi connectivity index (χ0n) is 16.3. The SMILES string of the molecule is Cc1cc(N2CCCC2)ccc1NC(=O)CN1CCC(C2OCCO2)CC1. The largest absolute Gasteiger partial charge is 0.372 e. The van der Waals surface area contributed by atoms with Crippen molar-refractivity contribution < 1.29 is 14.3 Å². The summed E-state index contributed by atoms with van der Waals surface area (Å²) in [6, 6.07) is 6.36. The van der Waals surface area contributed by atoms with E-state index in [-0.39, 0.29) is 12.2 Å². The molecule has 6 heteroatoms. The topological polar surface area (TPSA) is 54.0 Å². The van der Waals surface area contributed by atoms with Gasteiger partial charge in [0.25, 0.3) is 0 Å². The second-order valence-corrected chi connectivity index (χ2v) is 7.97. The average Bonchev–Trinajstić information content (AvgIpc) is 3.38. The lowest BCUT2D eigenvalue weighted by molar-refractivity contribution is -0.119. The second kappa shape index (κ2) is 8.59. The Morgan fingerprint density at radius 1 is 1.11 bits per heavy atom. The molecule has 4 rings (SSSR count). The van der Waals surface area contributed by atoms with Gasteiger partial charge in [0.2, 0.25) is 5.91 Å². The van der Waals surface area contributed by atoms with Gasteiger partial charge in [-0.25, -0.2) is 0 Å². The van der Waals surface area contributed by atoms with Crippen molar-refractivity contribution in [3.05, 3.63) is 23.8 Å². The molecule has 0 unspecified atom stereocenters. The molecule has 1 aromatic rings. The Kier molecular flexibility index (Phi) is 5.95. The van der Waals surface area contributed by atoms with Crippen LogP contribution < -0.4 is 10.2 Å². The average molecular weight is 373 g/mol. The summed E-state index contributed by atoms with van der Waals surface area (Å²) in [7, 11) is 0. The van der Waals surface area contributed by atoms with E-state index < -0.39 is 0 Å². The third-order valence-electron chi connectivity index (χ3n) is 5.99. The zero-order valence-corrected chi connectivity index (χ0v) is 16.3. The Balaban J connectivity index is 1.25. The van der Waals surface area contributed by atoms with Crippen LogP contribution in [-0.4, -0.2) is 63.0 Å². The minimum absolute atomic E-state index is 0.0299. The molecule has 0 spiro atoms. The molecule has 3 aliphatic rings. The highest BCUT2D eigenvalue weighted by molar-refractivity contribution is 5.93. The predicted molar refractivity (Wildman–Crippen MR) is 106 cm³/mol. The lowest BCUT2D eigenvalue weighted by atomic mass is 9.96. The van der Waals surface area contributed by atoms with E-state index >= 15 is 0 Å². The van der Waals surface area contributed by atoms with Gasteiger partial charge in [0, 0.05) is 30.4 Å². The molecule has 3 aliphatic heterocycles. The van der Waals surface area contributed by atoms with Gasteiger partial charge in [-0.2, -0.15) is 0 Å². The number of carbonyl (C=O) groups excluding carboxylic acids is 1. The number of nitrogens with one attached hydrogen (secondary N) is 1. The molecule has 0 aromatic heterocycles. The first-order valence-electron chi connectivity index (χ1n) is 10.3. The van der Waals surface area contributed by atoms with Crippen molar-refractivity contribution in [2.45, 2.75) is 38.9 Å². The number of carbonyl (C=O) groups is 1. The van der Waals surface area contributed by atoms with Crippen molar-refractivity contribution in [1.82, 2.24) is 4.90 Å². The number of hydrogen-bond acceptors (Lipinski definition) is 5. The third-order valence-corrected chi connectivity index (χ3v) is 5.99. The van der Waals surface area contributed by atoms with Crippen molar-refractivity contribution in [2.75, 3.05) is 56.2 Å². The number of nitrogens with zero attached hydrogens (tertiary/aromatic N) is 2. The highest BCUT2D eigenvalue weighted by Crippen LogP contribution is 2.27. The molecule has 3 heterocycles. The van der Waals surface area contributed by atoms with E-state index in [0.29, 0.717) is 25.7 Å². The van der Waals surface area contributed by atoms with E-state index in [1.807, 2.05) is 6.07 Å². The van der Waals surface area contributed by atoms with Gasteiger partial charge in [-0.3, -0.25) is 9.69 Å². The number of ether oxygens (including phenoxy) is 2. The molecule has 6 nitrogen and oxygen atoms in total. The van der Waals surface area contributed by atoms with E-state index in [0.717, 1.165) is 50.3 Å². The monoisotopic (exact) mass is 373 g/mol. The first kappa shape index (κ1) is 18.7. The standard InChI is InChI=1S/C21H31N3O3/c1-16-14-18(24-8-2-3-9-24)4-5-19(16)22-20(25)15-23-10-6-17(7-11-23)21-26-12-13-27-21/h4-5,14,17,21H,2-3,6-13,15H2,1H3,(H,22,25). The maximum Gasteiger partial charge on any atom is 0.238 e. The van der Waals surface area contributed by atoms with Crippen molar-refractivity contribution in [2.24, 2.45) is 5.92 Å². The number of amides is 1. The zero-order chi connectivity index (χ0) is 18.6. The summed E-state index contributed by atoms with van der Waals surface area (Å²) < 4.78 is 11.2. The Hall–Kier alpha value is -1.63. The van der Waals surface area contributed by atoms with Gasteiger partial charge in [-0.15, -0.1) is 0 Å². The van der Waals surface area contributed by atoms with Crippen LogP contribution in [0.4, 0.5) is 11.4 Å². The smallest absolute Gasteiger partial charge is 0.238 e. The van der Waals surface area contributed by atoms with Crippen LogP contribution in [0.3, 0.4) is 0 Å². The van der Waals surface area contributed by atoms with Crippen LogP contribution in [0.15, 0.2) is 18.2 Å². The van der Waals surface area contributed by atoms with Crippen LogP contribution in [0.1, 0.15) is 31.2 Å². The molecule has 1 amide bonds. The summed E-state index contributed by atoms with van der Waals surface area (Å²) in [6.45, 7) is 8.07. The lowest BCUT2D eigenvalue weighted by Gasteiger charge is -2.33. The molecule has 3 saturated heterocycles. The molecular formula is C21H31N3O3. The maximum atomic E-state index is 12.5. The Morgan fingerprint density at radius 3 is 2.48 bits per heavy atom. The molecule has 148 valence electrons. The van der Waals surface area contributed by atoms with Crippen LogP contribution in [0.5, 0.6) is 0 Å². The van der Waals surface area contributed by atoms with Crippen molar-refractivity contribution in [1.29, 1.82) is 0 Å². The third kappa shape index (κ3) is 4.62. The fraction of sp³-hybridized carbons (Fsp3) is 0.667. The minimum atomic E-state index is -0.0299. The predicted octanol–water partition coefficient (Wildman–Crippen LogP) is 2.62. The van der Waals surface area contributed by atoms with E-state index in [2.05, 4.69) is 34.2 Å². The molecule has 27 heavy (non-hydrogen) atoms. The van der Waals surface area contributed by atoms with Gasteiger partial charge in [-0.05, 0) is 69.5 Å². The van der Waals surface area contributed by atoms with E-state index in [9.17, 15) is 4.79 Å². The fourth-order valence-electron chi connectivity index (χ4n) is 4.38. The number of hydrogen-bond donors (Lipinski definition) is 1. The Labute approximate surface area is 161 Å². The number of likely N-dealkylation sites (tertiary alicyclic amines) is 1. The number of rotatable bonds is 5. The van der Waals surface area contributed by atoms with Crippen LogP contribution in [0.25, 0.3) is 0 Å². The quantitative estimate of drug-likeness (QED) is 0.860. The Bertz CT molecular complexity index is 646. The molecule has 1 N–H and O–H groups in total. The highest BCUT2D eigenvalue weighted by Gasteiger charge is 2.30. The van der Waals surface area contributed by atoms with Gasteiger partial charge >= 0.3 is 0 Å². The van der Waals surface area contributed by atoms with Gasteiger partial charge in [-0.1, -0.05) is 0 Å². The summed E-state index contributed by atoms with van der Waals surface area (Å²) in [5.74, 6) is 0.533. The van der Waals surface area contributed by atoms with Gasteiger partial charge in [0.15, 0.2) is 6.29 Å². The second-order valence-electron chi connectivity index (χ2n) is 7.97. The van der Waals surface area contributed by atoms with E-state index in [4.69, 9.17) is 9.47 Å². The first-order valence-corrected chi connectivity index (χ1v) is 10.3. The molecule has 0 atom stereocenters. The van der Waals surface area contributed by atoms with Crippen LogP contribution in [-0.2, 0) is 14.3 Å². The van der Waals surface area contributed by atoms with E-state index in [1.165, 1.54) is 18.5 Å². The van der Waals surface area contributed by atoms with Gasteiger partial charge in [0.05, 0.1) is 19.8 Å². The molecule has 0 bridgehead atoms. The summed E-state index contributed by atoms with van der Waals surface area (Å²) in [5, 5.41) is 3.09. The molecule has 0 radical (unpaired) electrons. The number of benzene rings is 1. The first-order chi connectivity index (χ1) is 13.2. The number of anilines is 2. The van der Waals surface area contributed by atoms with Crippen LogP contribution in [0.2, 0.25) is 0 Å². The molecule has 0 aliphatic carbocycles. The number of aryl methyl sites for hydroxylation is 1. The number of piperidine rings is 1. The summed E-state index contributed by atoms with van der Waals surface area (Å²) >= 11 is 0. The van der Waals surface area contributed by atoms with Crippen LogP contribution in [0, 0.1) is 12.8 Å². The molecular weight excluding hydrogens is 342 g/mol. The van der Waals surface area contributed by atoms with Gasteiger partial charge < -0.3 is 19.7 Å². The van der Waals surface area contributed by atoms with Crippen molar-refractivity contribution >= 4 is 17.3 Å².